The van der Waals surface area contributed by atoms with E-state index in [2.05, 4.69) is 11.1 Å². The van der Waals surface area contributed by atoms with E-state index in [-0.39, 0.29) is 24.4 Å². The van der Waals surface area contributed by atoms with Crippen molar-refractivity contribution in [1.29, 1.82) is 0 Å². The number of nitrogens with zero attached hydrogens (tertiary/aromatic N) is 2. The molecule has 6 heteroatoms. The molecule has 1 saturated heterocycles. The van der Waals surface area contributed by atoms with Gasteiger partial charge in [0, 0.05) is 28.9 Å². The first-order valence-electron chi connectivity index (χ1n) is 11.5. The van der Waals surface area contributed by atoms with Gasteiger partial charge in [-0.15, -0.1) is 0 Å². The van der Waals surface area contributed by atoms with Crippen molar-refractivity contribution in [2.75, 3.05) is 13.7 Å². The van der Waals surface area contributed by atoms with Crippen molar-refractivity contribution < 1.29 is 14.3 Å². The van der Waals surface area contributed by atoms with Crippen LogP contribution in [0.2, 0.25) is 0 Å². The number of hydrogen-bond donors (Lipinski definition) is 1. The van der Waals surface area contributed by atoms with Crippen molar-refractivity contribution in [3.05, 3.63) is 101 Å². The minimum atomic E-state index is -1.10. The highest BCUT2D eigenvalue weighted by molar-refractivity contribution is 6.08. The Morgan fingerprint density at radius 3 is 2.47 bits per heavy atom. The van der Waals surface area contributed by atoms with Crippen LogP contribution in [0.3, 0.4) is 0 Å². The minimum absolute atomic E-state index is 0.135. The lowest BCUT2D eigenvalue weighted by Gasteiger charge is -2.40. The number of urea groups is 1. The highest BCUT2D eigenvalue weighted by atomic mass is 16.5. The summed E-state index contributed by atoms with van der Waals surface area (Å²) in [5.74, 6) is 0.433. The molecule has 34 heavy (non-hydrogen) atoms. The molecule has 0 saturated carbocycles. The van der Waals surface area contributed by atoms with E-state index in [9.17, 15) is 9.59 Å². The number of imide groups is 1. The van der Waals surface area contributed by atoms with E-state index in [1.807, 2.05) is 79.7 Å². The summed E-state index contributed by atoms with van der Waals surface area (Å²) < 4.78 is 5.70. The second-order valence-corrected chi connectivity index (χ2v) is 9.10. The maximum Gasteiger partial charge on any atom is 0.328 e. The van der Waals surface area contributed by atoms with Gasteiger partial charge in [-0.3, -0.25) is 9.69 Å². The monoisotopic (exact) mass is 451 g/mol. The van der Waals surface area contributed by atoms with Gasteiger partial charge in [-0.2, -0.15) is 0 Å². The average molecular weight is 452 g/mol. The molecule has 3 aromatic carbocycles. The van der Waals surface area contributed by atoms with E-state index >= 15 is 0 Å². The zero-order chi connectivity index (χ0) is 23.4. The fourth-order valence-electron chi connectivity index (χ4n) is 5.60. The van der Waals surface area contributed by atoms with E-state index in [1.54, 1.807) is 12.0 Å². The second-order valence-electron chi connectivity index (χ2n) is 9.10. The summed E-state index contributed by atoms with van der Waals surface area (Å²) in [7, 11) is 1.66. The number of carbonyl (C=O) groups is 2. The zero-order valence-electron chi connectivity index (χ0n) is 19.1. The molecule has 1 aromatic heterocycles. The van der Waals surface area contributed by atoms with Crippen molar-refractivity contribution in [3.8, 4) is 5.75 Å². The number of para-hydroxylation sites is 2. The summed E-state index contributed by atoms with van der Waals surface area (Å²) in [5, 5.41) is 1.07. The number of aromatic nitrogens is 1. The van der Waals surface area contributed by atoms with Gasteiger partial charge in [0.2, 0.25) is 0 Å². The Kier molecular flexibility index (Phi) is 4.52. The molecule has 0 aliphatic carbocycles. The quantitative estimate of drug-likeness (QED) is 0.444. The molecular weight excluding hydrogens is 426 g/mol. The van der Waals surface area contributed by atoms with Gasteiger partial charge < -0.3 is 14.6 Å². The highest BCUT2D eigenvalue weighted by Gasteiger charge is 2.60. The first-order valence-corrected chi connectivity index (χ1v) is 11.5. The predicted molar refractivity (Wildman–Crippen MR) is 130 cm³/mol. The number of methoxy groups -OCH3 is 1. The third-order valence-corrected chi connectivity index (χ3v) is 7.31. The maximum absolute atomic E-state index is 13.9. The van der Waals surface area contributed by atoms with Crippen LogP contribution in [0.5, 0.6) is 5.75 Å². The maximum atomic E-state index is 13.9. The number of fused-ring (bicyclic) bond motifs is 5. The summed E-state index contributed by atoms with van der Waals surface area (Å²) in [4.78, 5) is 34.2. The lowest BCUT2D eigenvalue weighted by Crippen LogP contribution is -2.50. The van der Waals surface area contributed by atoms with Crippen LogP contribution < -0.4 is 4.74 Å². The Balaban J connectivity index is 1.55. The fourth-order valence-corrected chi connectivity index (χ4v) is 5.60. The molecule has 0 bridgehead atoms. The van der Waals surface area contributed by atoms with Crippen LogP contribution in [-0.4, -0.2) is 40.4 Å². The van der Waals surface area contributed by atoms with Crippen LogP contribution in [0.4, 0.5) is 4.79 Å². The summed E-state index contributed by atoms with van der Waals surface area (Å²) >= 11 is 0. The third-order valence-electron chi connectivity index (χ3n) is 7.31. The summed E-state index contributed by atoms with van der Waals surface area (Å²) in [6, 6.07) is 25.4. The third kappa shape index (κ3) is 2.75. The number of carbonyl (C=O) groups excluding carboxylic acids is 2. The zero-order valence-corrected chi connectivity index (χ0v) is 19.1. The van der Waals surface area contributed by atoms with Gasteiger partial charge in [-0.25, -0.2) is 4.79 Å². The fraction of sp³-hybridized carbons (Fsp3) is 0.214. The molecule has 0 spiro atoms. The molecule has 0 radical (unpaired) electrons. The molecular formula is C28H25N3O3. The van der Waals surface area contributed by atoms with Crippen LogP contribution in [0.1, 0.15) is 35.2 Å². The Morgan fingerprint density at radius 2 is 1.68 bits per heavy atom. The Bertz CT molecular complexity index is 1430. The van der Waals surface area contributed by atoms with Gasteiger partial charge in [0.1, 0.15) is 5.75 Å². The SMILES string of the molecule is COc1ccccc1C1CN2C(=O)N(Cc3ccccc3)C(=O)[C@]2(C)c2[nH]c3ccccc3c21. The van der Waals surface area contributed by atoms with Crippen molar-refractivity contribution in [2.45, 2.75) is 24.9 Å². The summed E-state index contributed by atoms with van der Waals surface area (Å²) in [6.45, 7) is 2.51. The smallest absolute Gasteiger partial charge is 0.328 e. The van der Waals surface area contributed by atoms with Gasteiger partial charge in [0.05, 0.1) is 19.3 Å². The topological polar surface area (TPSA) is 65.6 Å². The molecule has 1 unspecified atom stereocenters. The van der Waals surface area contributed by atoms with Crippen LogP contribution >= 0.6 is 0 Å². The lowest BCUT2D eigenvalue weighted by atomic mass is 9.78. The molecule has 1 N–H and O–H groups in total. The molecule has 3 amide bonds. The Labute approximate surface area is 197 Å². The molecule has 2 aliphatic rings. The van der Waals surface area contributed by atoms with Gasteiger partial charge in [0.15, 0.2) is 5.54 Å². The van der Waals surface area contributed by atoms with E-state index in [0.717, 1.165) is 39.0 Å². The number of nitrogens with one attached hydrogen (secondary N) is 1. The largest absolute Gasteiger partial charge is 0.496 e. The second kappa shape index (κ2) is 7.48. The highest BCUT2D eigenvalue weighted by Crippen LogP contribution is 2.50. The van der Waals surface area contributed by atoms with Crippen LogP contribution in [-0.2, 0) is 16.9 Å². The van der Waals surface area contributed by atoms with Crippen LogP contribution in [0.25, 0.3) is 10.9 Å². The molecule has 4 aromatic rings. The summed E-state index contributed by atoms with van der Waals surface area (Å²) in [6.07, 6.45) is 0. The van der Waals surface area contributed by atoms with Crippen LogP contribution in [0.15, 0.2) is 78.9 Å². The van der Waals surface area contributed by atoms with E-state index in [1.165, 1.54) is 4.90 Å². The van der Waals surface area contributed by atoms with Gasteiger partial charge in [-0.1, -0.05) is 66.7 Å². The van der Waals surface area contributed by atoms with E-state index in [0.29, 0.717) is 6.54 Å². The molecule has 1 fully saturated rings. The summed E-state index contributed by atoms with van der Waals surface area (Å²) in [5.41, 5.74) is 3.62. The molecule has 6 nitrogen and oxygen atoms in total. The molecule has 3 heterocycles. The number of H-pyrrole nitrogens is 1. The van der Waals surface area contributed by atoms with Crippen molar-refractivity contribution in [1.82, 2.24) is 14.8 Å². The number of hydrogen-bond acceptors (Lipinski definition) is 3. The minimum Gasteiger partial charge on any atom is -0.496 e. The van der Waals surface area contributed by atoms with E-state index < -0.39 is 5.54 Å². The van der Waals surface area contributed by atoms with Crippen molar-refractivity contribution in [3.63, 3.8) is 0 Å². The van der Waals surface area contributed by atoms with Crippen LogP contribution in [0, 0.1) is 0 Å². The predicted octanol–water partition coefficient (Wildman–Crippen LogP) is 5.00. The van der Waals surface area contributed by atoms with Crippen molar-refractivity contribution >= 4 is 22.8 Å². The number of amides is 3. The number of rotatable bonds is 4. The number of benzene rings is 3. The normalized spacial score (nSPS) is 21.6. The molecule has 2 aliphatic heterocycles. The number of ether oxygens (including phenoxy) is 1. The Hall–Kier alpha value is -4.06. The van der Waals surface area contributed by atoms with Crippen molar-refractivity contribution in [2.24, 2.45) is 0 Å². The lowest BCUT2D eigenvalue weighted by molar-refractivity contribution is -0.133. The molecule has 2 atom stereocenters. The van der Waals surface area contributed by atoms with E-state index in [4.69, 9.17) is 4.74 Å². The van der Waals surface area contributed by atoms with Gasteiger partial charge in [-0.05, 0) is 30.2 Å². The average Bonchev–Trinajstić information content (AvgIpc) is 3.35. The van der Waals surface area contributed by atoms with Gasteiger partial charge in [0.25, 0.3) is 5.91 Å². The van der Waals surface area contributed by atoms with Gasteiger partial charge >= 0.3 is 6.03 Å². The Morgan fingerprint density at radius 1 is 0.971 bits per heavy atom. The molecule has 170 valence electrons. The number of aromatic amines is 1. The molecule has 6 rings (SSSR count). The first kappa shape index (κ1) is 20.5. The first-order chi connectivity index (χ1) is 16.5. The standard InChI is InChI=1S/C28H25N3O3/c1-28-25-24(20-13-6-8-14-22(20)29-25)21(19-12-7-9-15-23(19)34-2)17-31(28)27(33)30(26(28)32)16-18-10-4-3-5-11-18/h3-15,21,29H,16-17H2,1-2H3/t21?,28-/m0/s1.